The van der Waals surface area contributed by atoms with Gasteiger partial charge >= 0.3 is 0 Å². The highest BCUT2D eigenvalue weighted by atomic mass is 32.1. The zero-order chi connectivity index (χ0) is 22.9. The van der Waals surface area contributed by atoms with Gasteiger partial charge in [-0.15, -0.1) is 11.3 Å². The van der Waals surface area contributed by atoms with Gasteiger partial charge in [0.2, 0.25) is 0 Å². The maximum atomic E-state index is 13.3. The van der Waals surface area contributed by atoms with Gasteiger partial charge in [0, 0.05) is 44.4 Å². The van der Waals surface area contributed by atoms with E-state index < -0.39 is 0 Å². The number of benzene rings is 2. The van der Waals surface area contributed by atoms with Gasteiger partial charge in [0.15, 0.2) is 4.80 Å². The van der Waals surface area contributed by atoms with Gasteiger partial charge in [-0.2, -0.15) is 0 Å². The Balaban J connectivity index is 1.57. The molecular formula is C25H31FN4O2S. The minimum atomic E-state index is -0.254. The number of hydrogen-bond donors (Lipinski definition) is 1. The molecular weight excluding hydrogens is 439 g/mol. The van der Waals surface area contributed by atoms with Crippen molar-refractivity contribution in [2.75, 3.05) is 58.0 Å². The smallest absolute Gasteiger partial charge is 0.190 e. The van der Waals surface area contributed by atoms with E-state index in [1.54, 1.807) is 30.6 Å². The number of anilines is 1. The van der Waals surface area contributed by atoms with Crippen LogP contribution in [0.15, 0.2) is 58.9 Å². The predicted octanol–water partition coefficient (Wildman–Crippen LogP) is 4.05. The summed E-state index contributed by atoms with van der Waals surface area (Å²) in [6.07, 6.45) is 0.968. The summed E-state index contributed by atoms with van der Waals surface area (Å²) in [6.45, 7) is 6.69. The number of methoxy groups -OCH3 is 1. The summed E-state index contributed by atoms with van der Waals surface area (Å²) < 4.78 is 26.2. The van der Waals surface area contributed by atoms with E-state index in [1.165, 1.54) is 17.8 Å². The lowest BCUT2D eigenvalue weighted by Gasteiger charge is -2.28. The number of morpholine rings is 1. The molecule has 0 radical (unpaired) electrons. The molecule has 3 aromatic rings. The van der Waals surface area contributed by atoms with E-state index in [0.717, 1.165) is 74.1 Å². The fraction of sp³-hybridized carbons (Fsp3) is 0.400. The zero-order valence-corrected chi connectivity index (χ0v) is 19.8. The number of nitrogens with zero attached hydrogens (tertiary/aromatic N) is 3. The largest absolute Gasteiger partial charge is 0.383 e. The summed E-state index contributed by atoms with van der Waals surface area (Å²) in [5.41, 5.74) is 4.28. The van der Waals surface area contributed by atoms with Crippen LogP contribution in [0.4, 0.5) is 15.8 Å². The van der Waals surface area contributed by atoms with Crippen LogP contribution in [0.2, 0.25) is 0 Å². The summed E-state index contributed by atoms with van der Waals surface area (Å²) in [5, 5.41) is 5.56. The molecule has 1 aliphatic heterocycles. The molecule has 0 aliphatic carbocycles. The third-order valence-electron chi connectivity index (χ3n) is 5.61. The van der Waals surface area contributed by atoms with Gasteiger partial charge in [0.25, 0.3) is 0 Å². The molecule has 1 aliphatic rings. The highest BCUT2D eigenvalue weighted by Gasteiger charge is 2.13. The van der Waals surface area contributed by atoms with Crippen LogP contribution in [-0.4, -0.2) is 57.7 Å². The summed E-state index contributed by atoms with van der Waals surface area (Å²) in [7, 11) is 1.71. The van der Waals surface area contributed by atoms with Crippen molar-refractivity contribution in [1.29, 1.82) is 0 Å². The van der Waals surface area contributed by atoms with Crippen molar-refractivity contribution in [2.45, 2.75) is 13.0 Å². The monoisotopic (exact) mass is 470 g/mol. The van der Waals surface area contributed by atoms with Crippen LogP contribution in [0.1, 0.15) is 6.42 Å². The Morgan fingerprint density at radius 3 is 2.55 bits per heavy atom. The fourth-order valence-electron chi connectivity index (χ4n) is 3.82. The van der Waals surface area contributed by atoms with Crippen molar-refractivity contribution in [2.24, 2.45) is 4.99 Å². The molecule has 1 aromatic heterocycles. The molecule has 0 amide bonds. The first-order valence-corrected chi connectivity index (χ1v) is 12.2. The molecule has 2 heterocycles. The first-order chi connectivity index (χ1) is 16.2. The molecule has 1 N–H and O–H groups in total. The van der Waals surface area contributed by atoms with Gasteiger partial charge in [-0.1, -0.05) is 12.1 Å². The van der Waals surface area contributed by atoms with Gasteiger partial charge < -0.3 is 24.3 Å². The molecule has 1 fully saturated rings. The van der Waals surface area contributed by atoms with Crippen LogP contribution in [-0.2, 0) is 16.0 Å². The van der Waals surface area contributed by atoms with Gasteiger partial charge in [-0.05, 0) is 54.9 Å². The predicted molar refractivity (Wildman–Crippen MR) is 132 cm³/mol. The first-order valence-electron chi connectivity index (χ1n) is 11.4. The number of ether oxygens (including phenoxy) is 2. The fourth-order valence-corrected chi connectivity index (χ4v) is 4.77. The summed E-state index contributed by atoms with van der Waals surface area (Å²) >= 11 is 1.61. The molecule has 0 saturated carbocycles. The molecule has 8 heteroatoms. The minimum Gasteiger partial charge on any atom is -0.383 e. The molecule has 1 saturated heterocycles. The summed E-state index contributed by atoms with van der Waals surface area (Å²) in [4.78, 5) is 8.07. The molecule has 6 nitrogen and oxygen atoms in total. The van der Waals surface area contributed by atoms with Crippen LogP contribution in [0.25, 0.3) is 11.3 Å². The highest BCUT2D eigenvalue weighted by molar-refractivity contribution is 7.07. The van der Waals surface area contributed by atoms with Crippen molar-refractivity contribution in [1.82, 2.24) is 9.88 Å². The molecule has 4 rings (SSSR count). The number of nitrogens with one attached hydrogen (secondary N) is 1. The molecule has 0 atom stereocenters. The van der Waals surface area contributed by atoms with Crippen molar-refractivity contribution >= 4 is 22.7 Å². The Morgan fingerprint density at radius 2 is 1.82 bits per heavy atom. The molecule has 2 aromatic carbocycles. The second-order valence-electron chi connectivity index (χ2n) is 7.89. The third-order valence-corrected chi connectivity index (χ3v) is 6.47. The van der Waals surface area contributed by atoms with E-state index in [9.17, 15) is 4.39 Å². The van der Waals surface area contributed by atoms with Crippen LogP contribution in [0, 0.1) is 5.82 Å². The van der Waals surface area contributed by atoms with Crippen molar-refractivity contribution < 1.29 is 13.9 Å². The van der Waals surface area contributed by atoms with Gasteiger partial charge in [-0.3, -0.25) is 0 Å². The van der Waals surface area contributed by atoms with E-state index in [4.69, 9.17) is 14.5 Å². The van der Waals surface area contributed by atoms with E-state index in [0.29, 0.717) is 6.61 Å². The van der Waals surface area contributed by atoms with E-state index in [-0.39, 0.29) is 5.82 Å². The topological polar surface area (TPSA) is 51.0 Å². The van der Waals surface area contributed by atoms with Crippen molar-refractivity contribution in [3.8, 4) is 11.3 Å². The van der Waals surface area contributed by atoms with Gasteiger partial charge in [-0.25, -0.2) is 9.38 Å². The lowest BCUT2D eigenvalue weighted by atomic mass is 10.1. The van der Waals surface area contributed by atoms with Crippen LogP contribution < -0.4 is 15.0 Å². The average Bonchev–Trinajstić information content (AvgIpc) is 3.25. The second-order valence-corrected chi connectivity index (χ2v) is 8.72. The lowest BCUT2D eigenvalue weighted by Crippen LogP contribution is -2.36. The van der Waals surface area contributed by atoms with Crippen molar-refractivity contribution in [3.63, 3.8) is 0 Å². The summed E-state index contributed by atoms with van der Waals surface area (Å²) in [6, 6.07) is 15.1. The highest BCUT2D eigenvalue weighted by Crippen LogP contribution is 2.25. The molecule has 0 bridgehead atoms. The molecule has 33 heavy (non-hydrogen) atoms. The van der Waals surface area contributed by atoms with Crippen LogP contribution in [0.3, 0.4) is 0 Å². The standard InChI is InChI=1S/C25H31FN4O2S/c1-31-16-12-27-11-2-13-30-24(19-33-25(30)28-22-7-5-21(26)6-8-22)20-3-9-23(10-4-20)29-14-17-32-18-15-29/h3-10,19,27H,2,11-18H2,1H3. The van der Waals surface area contributed by atoms with Gasteiger partial charge in [0.05, 0.1) is 31.2 Å². The lowest BCUT2D eigenvalue weighted by molar-refractivity contribution is 0.122. The molecule has 0 unspecified atom stereocenters. The Labute approximate surface area is 198 Å². The Kier molecular flexibility index (Phi) is 8.65. The van der Waals surface area contributed by atoms with E-state index >= 15 is 0 Å². The molecule has 176 valence electrons. The number of thiazole rings is 1. The number of rotatable bonds is 10. The van der Waals surface area contributed by atoms with Crippen LogP contribution >= 0.6 is 11.3 Å². The maximum absolute atomic E-state index is 13.3. The number of aromatic nitrogens is 1. The second kappa shape index (κ2) is 12.1. The first kappa shape index (κ1) is 23.6. The van der Waals surface area contributed by atoms with Gasteiger partial charge in [0.1, 0.15) is 5.82 Å². The number of halogens is 1. The quantitative estimate of drug-likeness (QED) is 0.454. The third kappa shape index (κ3) is 6.51. The number of hydrogen-bond acceptors (Lipinski definition) is 6. The van der Waals surface area contributed by atoms with Crippen molar-refractivity contribution in [3.05, 3.63) is 64.5 Å². The van der Waals surface area contributed by atoms with E-state index in [1.807, 2.05) is 0 Å². The Hall–Kier alpha value is -2.52. The minimum absolute atomic E-state index is 0.254. The normalized spacial score (nSPS) is 14.7. The van der Waals surface area contributed by atoms with E-state index in [2.05, 4.69) is 44.4 Å². The average molecular weight is 471 g/mol. The van der Waals surface area contributed by atoms with Crippen LogP contribution in [0.5, 0.6) is 0 Å². The molecule has 0 spiro atoms. The Morgan fingerprint density at radius 1 is 1.06 bits per heavy atom. The zero-order valence-electron chi connectivity index (χ0n) is 19.0. The summed E-state index contributed by atoms with van der Waals surface area (Å²) in [5.74, 6) is -0.254. The SMILES string of the molecule is COCCNCCCn1c(-c2ccc(N3CCOCC3)cc2)csc1=Nc1ccc(F)cc1. The Bertz CT molecular complexity index is 1060. The maximum Gasteiger partial charge on any atom is 0.190 e.